The molecule has 1 aliphatic carbocycles. The molecule has 0 saturated carbocycles. The predicted molar refractivity (Wildman–Crippen MR) is 47.9 cm³/mol. The summed E-state index contributed by atoms with van der Waals surface area (Å²) in [5, 5.41) is 4.32. The zero-order chi connectivity index (χ0) is 8.72. The second-order valence-corrected chi connectivity index (χ2v) is 3.73. The summed E-state index contributed by atoms with van der Waals surface area (Å²) in [6.45, 7) is 4.30. The van der Waals surface area contributed by atoms with E-state index >= 15 is 0 Å². The predicted octanol–water partition coefficient (Wildman–Crippen LogP) is 1.41. The summed E-state index contributed by atoms with van der Waals surface area (Å²) in [5.41, 5.74) is 8.50. The second kappa shape index (κ2) is 2.59. The number of fused-ring (bicyclic) bond motifs is 1. The van der Waals surface area contributed by atoms with Gasteiger partial charge in [-0.15, -0.1) is 0 Å². The van der Waals surface area contributed by atoms with Crippen LogP contribution in [0.2, 0.25) is 0 Å². The molecule has 0 bridgehead atoms. The van der Waals surface area contributed by atoms with E-state index in [1.165, 1.54) is 11.3 Å². The smallest absolute Gasteiger partial charge is 0.0540 e. The SMILES string of the molecule is CC(C)n1ncc2c1CC[C@H]2N. The van der Waals surface area contributed by atoms with Crippen LogP contribution >= 0.6 is 0 Å². The van der Waals surface area contributed by atoms with E-state index in [0.29, 0.717) is 6.04 Å². The number of rotatable bonds is 1. The molecule has 66 valence electrons. The van der Waals surface area contributed by atoms with Gasteiger partial charge in [0.2, 0.25) is 0 Å². The van der Waals surface area contributed by atoms with Crippen LogP contribution in [0, 0.1) is 0 Å². The Morgan fingerprint density at radius 2 is 2.42 bits per heavy atom. The lowest BCUT2D eigenvalue weighted by Crippen LogP contribution is -2.06. The van der Waals surface area contributed by atoms with Gasteiger partial charge in [0, 0.05) is 23.3 Å². The highest BCUT2D eigenvalue weighted by molar-refractivity contribution is 5.27. The van der Waals surface area contributed by atoms with Crippen LogP contribution in [0.5, 0.6) is 0 Å². The van der Waals surface area contributed by atoms with Crippen LogP contribution in [-0.2, 0) is 6.42 Å². The van der Waals surface area contributed by atoms with Crippen LogP contribution in [-0.4, -0.2) is 9.78 Å². The van der Waals surface area contributed by atoms with Crippen molar-refractivity contribution in [2.24, 2.45) is 5.73 Å². The molecule has 0 aliphatic heterocycles. The number of hydrogen-bond acceptors (Lipinski definition) is 2. The van der Waals surface area contributed by atoms with Crippen LogP contribution in [0.15, 0.2) is 6.20 Å². The number of hydrogen-bond donors (Lipinski definition) is 1. The fourth-order valence-corrected chi connectivity index (χ4v) is 1.86. The van der Waals surface area contributed by atoms with E-state index in [9.17, 15) is 0 Å². The molecule has 0 amide bonds. The van der Waals surface area contributed by atoms with Crippen molar-refractivity contribution < 1.29 is 0 Å². The van der Waals surface area contributed by atoms with Crippen LogP contribution in [0.25, 0.3) is 0 Å². The number of nitrogens with two attached hydrogens (primary N) is 1. The number of aromatic nitrogens is 2. The van der Waals surface area contributed by atoms with Crippen molar-refractivity contribution in [2.45, 2.75) is 38.8 Å². The Hall–Kier alpha value is -0.830. The van der Waals surface area contributed by atoms with E-state index in [2.05, 4.69) is 23.6 Å². The topological polar surface area (TPSA) is 43.8 Å². The lowest BCUT2D eigenvalue weighted by Gasteiger charge is -2.08. The first-order valence-corrected chi connectivity index (χ1v) is 4.52. The fraction of sp³-hybridized carbons (Fsp3) is 0.667. The third-order valence-electron chi connectivity index (χ3n) is 2.51. The third kappa shape index (κ3) is 0.966. The largest absolute Gasteiger partial charge is 0.324 e. The molecule has 0 radical (unpaired) electrons. The molecule has 0 spiro atoms. The van der Waals surface area contributed by atoms with Gasteiger partial charge < -0.3 is 5.73 Å². The molecule has 0 fully saturated rings. The number of nitrogens with zero attached hydrogens (tertiary/aromatic N) is 2. The Balaban J connectivity index is 2.43. The standard InChI is InChI=1S/C9H15N3/c1-6(2)12-9-4-3-8(10)7(9)5-11-12/h5-6,8H,3-4,10H2,1-2H3/t8-/m1/s1. The minimum atomic E-state index is 0.229. The molecule has 1 atom stereocenters. The quantitative estimate of drug-likeness (QED) is 0.683. The average Bonchev–Trinajstić information content (AvgIpc) is 2.53. The normalized spacial score (nSPS) is 21.8. The van der Waals surface area contributed by atoms with Crippen molar-refractivity contribution >= 4 is 0 Å². The second-order valence-electron chi connectivity index (χ2n) is 3.73. The van der Waals surface area contributed by atoms with Crippen LogP contribution in [0.4, 0.5) is 0 Å². The van der Waals surface area contributed by atoms with Gasteiger partial charge in [0.25, 0.3) is 0 Å². The van der Waals surface area contributed by atoms with E-state index in [1.54, 1.807) is 0 Å². The Kier molecular flexibility index (Phi) is 1.68. The molecular formula is C9H15N3. The molecule has 0 saturated heterocycles. The molecule has 3 nitrogen and oxygen atoms in total. The van der Waals surface area contributed by atoms with E-state index in [4.69, 9.17) is 5.73 Å². The Morgan fingerprint density at radius 1 is 1.67 bits per heavy atom. The highest BCUT2D eigenvalue weighted by atomic mass is 15.3. The Bertz CT molecular complexity index is 288. The summed E-state index contributed by atoms with van der Waals surface area (Å²) >= 11 is 0. The van der Waals surface area contributed by atoms with Crippen LogP contribution in [0.3, 0.4) is 0 Å². The van der Waals surface area contributed by atoms with Crippen molar-refractivity contribution in [1.82, 2.24) is 9.78 Å². The minimum absolute atomic E-state index is 0.229. The van der Waals surface area contributed by atoms with E-state index in [1.807, 2.05) is 6.20 Å². The maximum Gasteiger partial charge on any atom is 0.0540 e. The summed E-state index contributed by atoms with van der Waals surface area (Å²) in [7, 11) is 0. The van der Waals surface area contributed by atoms with Gasteiger partial charge in [-0.1, -0.05) is 0 Å². The van der Waals surface area contributed by atoms with Crippen molar-refractivity contribution in [3.63, 3.8) is 0 Å². The first kappa shape index (κ1) is 7.80. The lowest BCUT2D eigenvalue weighted by atomic mass is 10.2. The van der Waals surface area contributed by atoms with Crippen molar-refractivity contribution in [2.75, 3.05) is 0 Å². The molecule has 1 heterocycles. The first-order valence-electron chi connectivity index (χ1n) is 4.52. The first-order chi connectivity index (χ1) is 5.70. The molecule has 3 heteroatoms. The van der Waals surface area contributed by atoms with Gasteiger partial charge >= 0.3 is 0 Å². The third-order valence-corrected chi connectivity index (χ3v) is 2.51. The molecule has 2 N–H and O–H groups in total. The van der Waals surface area contributed by atoms with Crippen molar-refractivity contribution in [3.8, 4) is 0 Å². The summed E-state index contributed by atoms with van der Waals surface area (Å²) in [6.07, 6.45) is 4.10. The van der Waals surface area contributed by atoms with Gasteiger partial charge in [-0.25, -0.2) is 0 Å². The minimum Gasteiger partial charge on any atom is -0.324 e. The summed E-state index contributed by atoms with van der Waals surface area (Å²) < 4.78 is 2.09. The van der Waals surface area contributed by atoms with Gasteiger partial charge in [-0.2, -0.15) is 5.10 Å². The van der Waals surface area contributed by atoms with Gasteiger partial charge in [0.15, 0.2) is 0 Å². The maximum absolute atomic E-state index is 5.91. The van der Waals surface area contributed by atoms with Gasteiger partial charge in [0.1, 0.15) is 0 Å². The summed E-state index contributed by atoms with van der Waals surface area (Å²) in [4.78, 5) is 0. The molecule has 1 aromatic rings. The van der Waals surface area contributed by atoms with Gasteiger partial charge in [0.05, 0.1) is 6.20 Å². The maximum atomic E-state index is 5.91. The van der Waals surface area contributed by atoms with Crippen LogP contribution < -0.4 is 5.73 Å². The van der Waals surface area contributed by atoms with E-state index < -0.39 is 0 Å². The molecule has 1 aliphatic rings. The van der Waals surface area contributed by atoms with E-state index in [-0.39, 0.29) is 6.04 Å². The Labute approximate surface area is 72.6 Å². The van der Waals surface area contributed by atoms with Crippen molar-refractivity contribution in [3.05, 3.63) is 17.5 Å². The van der Waals surface area contributed by atoms with E-state index in [0.717, 1.165) is 12.8 Å². The molecule has 0 unspecified atom stereocenters. The highest BCUT2D eigenvalue weighted by Crippen LogP contribution is 2.30. The monoisotopic (exact) mass is 165 g/mol. The van der Waals surface area contributed by atoms with Crippen LogP contribution in [0.1, 0.15) is 43.6 Å². The van der Waals surface area contributed by atoms with Gasteiger partial charge in [-0.3, -0.25) is 4.68 Å². The summed E-state index contributed by atoms with van der Waals surface area (Å²) in [6, 6.07) is 0.687. The Morgan fingerprint density at radius 3 is 3.08 bits per heavy atom. The average molecular weight is 165 g/mol. The molecule has 0 aromatic carbocycles. The lowest BCUT2D eigenvalue weighted by molar-refractivity contribution is 0.509. The summed E-state index contributed by atoms with van der Waals surface area (Å²) in [5.74, 6) is 0. The highest BCUT2D eigenvalue weighted by Gasteiger charge is 2.24. The molecule has 12 heavy (non-hydrogen) atoms. The van der Waals surface area contributed by atoms with Crippen molar-refractivity contribution in [1.29, 1.82) is 0 Å². The zero-order valence-electron chi connectivity index (χ0n) is 7.62. The molecule has 1 aromatic heterocycles. The molecular weight excluding hydrogens is 150 g/mol. The zero-order valence-corrected chi connectivity index (χ0v) is 7.62. The fourth-order valence-electron chi connectivity index (χ4n) is 1.86. The van der Waals surface area contributed by atoms with Gasteiger partial charge in [-0.05, 0) is 26.7 Å². The molecule has 2 rings (SSSR count).